The van der Waals surface area contributed by atoms with E-state index in [1.807, 2.05) is 19.1 Å². The van der Waals surface area contributed by atoms with E-state index in [-0.39, 0.29) is 11.6 Å². The maximum Gasteiger partial charge on any atom is 0.185 e. The Labute approximate surface area is 165 Å². The molecule has 28 heavy (non-hydrogen) atoms. The quantitative estimate of drug-likeness (QED) is 0.341. The molecule has 0 aliphatic carbocycles. The van der Waals surface area contributed by atoms with Crippen LogP contribution in [-0.4, -0.2) is 5.78 Å². The van der Waals surface area contributed by atoms with Gasteiger partial charge in [0.25, 0.3) is 0 Å². The maximum atomic E-state index is 12.9. The van der Waals surface area contributed by atoms with Crippen LogP contribution in [0.5, 0.6) is 0 Å². The highest BCUT2D eigenvalue weighted by molar-refractivity contribution is 6.06. The molecule has 0 unspecified atom stereocenters. The summed E-state index contributed by atoms with van der Waals surface area (Å²) in [6.45, 7) is 5.97. The summed E-state index contributed by atoms with van der Waals surface area (Å²) in [5.41, 5.74) is 6.25. The van der Waals surface area contributed by atoms with Gasteiger partial charge in [0.15, 0.2) is 5.78 Å². The van der Waals surface area contributed by atoms with Crippen molar-refractivity contribution < 1.29 is 9.18 Å². The van der Waals surface area contributed by atoms with Gasteiger partial charge in [-0.3, -0.25) is 4.79 Å². The summed E-state index contributed by atoms with van der Waals surface area (Å²) in [6.07, 6.45) is 5.25. The zero-order valence-electron chi connectivity index (χ0n) is 16.0. The number of hydrogen-bond donors (Lipinski definition) is 0. The molecule has 2 heteroatoms. The molecule has 0 saturated carbocycles. The van der Waals surface area contributed by atoms with Crippen LogP contribution in [0.3, 0.4) is 0 Å². The Balaban J connectivity index is 1.56. The lowest BCUT2D eigenvalue weighted by molar-refractivity contribution is 0.104. The van der Waals surface area contributed by atoms with E-state index in [1.165, 1.54) is 47.0 Å². The first-order chi connectivity index (χ1) is 13.5. The van der Waals surface area contributed by atoms with Crippen LogP contribution in [0, 0.1) is 5.82 Å². The number of carbonyl (C=O) groups is 1. The van der Waals surface area contributed by atoms with E-state index in [9.17, 15) is 9.18 Å². The second-order valence-corrected chi connectivity index (χ2v) is 6.92. The average molecular weight is 370 g/mol. The maximum absolute atomic E-state index is 12.9. The van der Waals surface area contributed by atoms with Crippen molar-refractivity contribution in [2.45, 2.75) is 19.8 Å². The number of halogens is 1. The number of hydrogen-bond acceptors (Lipinski definition) is 1. The number of allylic oxidation sites excluding steroid dienone is 2. The van der Waals surface area contributed by atoms with Crippen molar-refractivity contribution in [3.63, 3.8) is 0 Å². The van der Waals surface area contributed by atoms with E-state index >= 15 is 0 Å². The van der Waals surface area contributed by atoms with Gasteiger partial charge in [0.05, 0.1) is 0 Å². The van der Waals surface area contributed by atoms with Gasteiger partial charge >= 0.3 is 0 Å². The van der Waals surface area contributed by atoms with E-state index in [2.05, 4.69) is 43.0 Å². The fourth-order valence-electron chi connectivity index (χ4n) is 2.92. The highest BCUT2D eigenvalue weighted by Crippen LogP contribution is 2.15. The minimum absolute atomic E-state index is 0.137. The van der Waals surface area contributed by atoms with Gasteiger partial charge in [-0.2, -0.15) is 0 Å². The fraction of sp³-hybridized carbons (Fsp3) is 0.115. The van der Waals surface area contributed by atoms with Crippen LogP contribution in [0.1, 0.15) is 39.5 Å². The summed E-state index contributed by atoms with van der Waals surface area (Å²) in [5, 5.41) is 0. The molecule has 0 aliphatic rings. The Bertz CT molecular complexity index is 978. The largest absolute Gasteiger partial charge is 0.289 e. The monoisotopic (exact) mass is 370 g/mol. The first kappa shape index (κ1) is 19.5. The molecule has 0 atom stereocenters. The molecule has 0 spiro atoms. The Morgan fingerprint density at radius 2 is 1.32 bits per heavy atom. The van der Waals surface area contributed by atoms with Crippen molar-refractivity contribution in [1.82, 2.24) is 0 Å². The molecular weight excluding hydrogens is 347 g/mol. The lowest BCUT2D eigenvalue weighted by Gasteiger charge is -2.05. The van der Waals surface area contributed by atoms with E-state index in [4.69, 9.17) is 0 Å². The molecule has 0 heterocycles. The third-order valence-electron chi connectivity index (χ3n) is 4.68. The Kier molecular flexibility index (Phi) is 6.33. The topological polar surface area (TPSA) is 17.1 Å². The second-order valence-electron chi connectivity index (χ2n) is 6.92. The molecule has 1 nitrogen and oxygen atoms in total. The summed E-state index contributed by atoms with van der Waals surface area (Å²) < 4.78 is 12.9. The van der Waals surface area contributed by atoms with E-state index in [1.54, 1.807) is 6.08 Å². The van der Waals surface area contributed by atoms with Crippen LogP contribution >= 0.6 is 0 Å². The van der Waals surface area contributed by atoms with Gasteiger partial charge in [-0.15, -0.1) is 0 Å². The standard InChI is InChI=1S/C26H23FO/c1-19(2)23-12-9-22(10-13-23)8-5-20-3-6-21(7-4-20)11-18-26(28)24-14-16-25(27)17-15-24/h3-4,6-7,9-18H,1,5,8H2,2H3. The van der Waals surface area contributed by atoms with Crippen LogP contribution < -0.4 is 0 Å². The predicted octanol–water partition coefficient (Wildman–Crippen LogP) is 6.54. The number of rotatable bonds is 7. The van der Waals surface area contributed by atoms with Gasteiger partial charge in [-0.05, 0) is 72.4 Å². The van der Waals surface area contributed by atoms with Crippen molar-refractivity contribution in [1.29, 1.82) is 0 Å². The van der Waals surface area contributed by atoms with Crippen LogP contribution in [0.15, 0.2) is 85.5 Å². The van der Waals surface area contributed by atoms with Gasteiger partial charge in [0, 0.05) is 5.56 Å². The molecule has 0 aliphatic heterocycles. The molecule has 140 valence electrons. The molecule has 0 N–H and O–H groups in total. The average Bonchev–Trinajstić information content (AvgIpc) is 2.72. The van der Waals surface area contributed by atoms with Crippen molar-refractivity contribution in [3.05, 3.63) is 119 Å². The summed E-state index contributed by atoms with van der Waals surface area (Å²) in [4.78, 5) is 12.1. The summed E-state index contributed by atoms with van der Waals surface area (Å²) >= 11 is 0. The molecule has 0 saturated heterocycles. The molecule has 3 rings (SSSR count). The van der Waals surface area contributed by atoms with E-state index in [0.29, 0.717) is 5.56 Å². The molecule has 0 bridgehead atoms. The van der Waals surface area contributed by atoms with Crippen molar-refractivity contribution in [2.24, 2.45) is 0 Å². The van der Waals surface area contributed by atoms with Gasteiger partial charge in [-0.1, -0.05) is 66.8 Å². The molecule has 3 aromatic carbocycles. The van der Waals surface area contributed by atoms with Crippen LogP contribution in [0.2, 0.25) is 0 Å². The third-order valence-corrected chi connectivity index (χ3v) is 4.68. The van der Waals surface area contributed by atoms with Crippen molar-refractivity contribution in [3.8, 4) is 0 Å². The van der Waals surface area contributed by atoms with E-state index < -0.39 is 0 Å². The van der Waals surface area contributed by atoms with E-state index in [0.717, 1.165) is 24.0 Å². The molecule has 0 fully saturated rings. The summed E-state index contributed by atoms with van der Waals surface area (Å²) in [7, 11) is 0. The lowest BCUT2D eigenvalue weighted by Crippen LogP contribution is -1.94. The van der Waals surface area contributed by atoms with Crippen LogP contribution in [0.25, 0.3) is 11.6 Å². The van der Waals surface area contributed by atoms with Gasteiger partial charge in [0.1, 0.15) is 5.82 Å². The molecule has 0 radical (unpaired) electrons. The number of aryl methyl sites for hydroxylation is 2. The fourth-order valence-corrected chi connectivity index (χ4v) is 2.92. The van der Waals surface area contributed by atoms with Gasteiger partial charge in [-0.25, -0.2) is 4.39 Å². The lowest BCUT2D eigenvalue weighted by atomic mass is 10.0. The van der Waals surface area contributed by atoms with Gasteiger partial charge < -0.3 is 0 Å². The number of ketones is 1. The van der Waals surface area contributed by atoms with Crippen LogP contribution in [0.4, 0.5) is 4.39 Å². The Morgan fingerprint density at radius 3 is 1.86 bits per heavy atom. The molecule has 0 amide bonds. The third kappa shape index (κ3) is 5.37. The Hall–Kier alpha value is -3.26. The molecule has 0 aromatic heterocycles. The summed E-state index contributed by atoms with van der Waals surface area (Å²) in [6, 6.07) is 22.3. The number of carbonyl (C=O) groups excluding carboxylic acids is 1. The minimum Gasteiger partial charge on any atom is -0.289 e. The normalized spacial score (nSPS) is 10.9. The number of benzene rings is 3. The van der Waals surface area contributed by atoms with Crippen molar-refractivity contribution in [2.75, 3.05) is 0 Å². The Morgan fingerprint density at radius 1 is 0.821 bits per heavy atom. The predicted molar refractivity (Wildman–Crippen MR) is 115 cm³/mol. The molecular formula is C26H23FO. The SMILES string of the molecule is C=C(C)c1ccc(CCc2ccc(C=CC(=O)c3ccc(F)cc3)cc2)cc1. The first-order valence-corrected chi connectivity index (χ1v) is 9.33. The zero-order valence-corrected chi connectivity index (χ0v) is 16.0. The molecule has 3 aromatic rings. The first-order valence-electron chi connectivity index (χ1n) is 9.33. The zero-order chi connectivity index (χ0) is 19.9. The minimum atomic E-state index is -0.345. The highest BCUT2D eigenvalue weighted by atomic mass is 19.1. The second kappa shape index (κ2) is 9.09. The summed E-state index contributed by atoms with van der Waals surface area (Å²) in [5.74, 6) is -0.481. The smallest absolute Gasteiger partial charge is 0.185 e. The van der Waals surface area contributed by atoms with Gasteiger partial charge in [0.2, 0.25) is 0 Å². The van der Waals surface area contributed by atoms with Crippen molar-refractivity contribution >= 4 is 17.4 Å². The van der Waals surface area contributed by atoms with Crippen LogP contribution in [-0.2, 0) is 12.8 Å². The highest BCUT2D eigenvalue weighted by Gasteiger charge is 2.02.